The maximum atomic E-state index is 12.9. The Labute approximate surface area is 212 Å². The average Bonchev–Trinajstić information content (AvgIpc) is 3.41. The van der Waals surface area contributed by atoms with Crippen molar-refractivity contribution in [2.75, 3.05) is 13.1 Å². The van der Waals surface area contributed by atoms with Crippen LogP contribution in [-0.4, -0.2) is 47.1 Å². The second-order valence-corrected chi connectivity index (χ2v) is 13.4. The Morgan fingerprint density at radius 3 is 2.71 bits per heavy atom. The average molecular weight is 485 g/mol. The molecule has 9 atom stereocenters. The third-order valence-electron chi connectivity index (χ3n) is 11.6. The second kappa shape index (κ2) is 9.50. The Kier molecular flexibility index (Phi) is 6.87. The van der Waals surface area contributed by atoms with E-state index in [4.69, 9.17) is 0 Å². The predicted octanol–water partition coefficient (Wildman–Crippen LogP) is 5.08. The zero-order valence-corrected chi connectivity index (χ0v) is 22.5. The molecule has 4 aliphatic carbocycles. The smallest absolute Gasteiger partial charge is 0.222 e. The van der Waals surface area contributed by atoms with E-state index in [-0.39, 0.29) is 24.0 Å². The van der Waals surface area contributed by atoms with Crippen molar-refractivity contribution in [2.45, 2.75) is 110 Å². The van der Waals surface area contributed by atoms with Crippen LogP contribution >= 0.6 is 0 Å². The van der Waals surface area contributed by atoms with Crippen molar-refractivity contribution in [1.82, 2.24) is 10.2 Å². The van der Waals surface area contributed by atoms with Crippen molar-refractivity contribution in [3.05, 3.63) is 11.6 Å². The summed E-state index contributed by atoms with van der Waals surface area (Å²) in [4.78, 5) is 26.2. The normalized spacial score (nSPS) is 43.6. The number of rotatable bonds is 5. The van der Waals surface area contributed by atoms with Crippen molar-refractivity contribution in [3.8, 4) is 0 Å². The number of allylic oxidation sites excluding steroid dienone is 1. The first-order chi connectivity index (χ1) is 16.6. The highest BCUT2D eigenvalue weighted by Gasteiger charge is 2.59. The molecule has 1 aliphatic heterocycles. The van der Waals surface area contributed by atoms with Gasteiger partial charge in [0.1, 0.15) is 0 Å². The monoisotopic (exact) mass is 484 g/mol. The van der Waals surface area contributed by atoms with E-state index in [1.54, 1.807) is 12.5 Å². The number of fused-ring (bicyclic) bond motifs is 5. The quantitative estimate of drug-likeness (QED) is 0.535. The molecule has 2 amide bonds. The van der Waals surface area contributed by atoms with Crippen LogP contribution in [-0.2, 0) is 9.59 Å². The van der Waals surface area contributed by atoms with Gasteiger partial charge >= 0.3 is 0 Å². The van der Waals surface area contributed by atoms with Crippen LogP contribution in [0.4, 0.5) is 0 Å². The molecule has 0 bridgehead atoms. The Bertz CT molecular complexity index is 870. The number of likely N-dealkylation sites (tertiary alicyclic amines) is 1. The molecule has 0 aromatic carbocycles. The molecule has 0 radical (unpaired) electrons. The highest BCUT2D eigenvalue weighted by molar-refractivity contribution is 5.77. The molecule has 1 heterocycles. The fourth-order valence-electron chi connectivity index (χ4n) is 9.72. The lowest BCUT2D eigenvalue weighted by atomic mass is 9.47. The van der Waals surface area contributed by atoms with Gasteiger partial charge in [0.25, 0.3) is 0 Å². The maximum Gasteiger partial charge on any atom is 0.222 e. The number of nitrogens with zero attached hydrogens (tertiary/aromatic N) is 1. The van der Waals surface area contributed by atoms with Gasteiger partial charge in [0.05, 0.1) is 6.10 Å². The van der Waals surface area contributed by atoms with Crippen LogP contribution in [0.3, 0.4) is 0 Å². The molecule has 5 heteroatoms. The summed E-state index contributed by atoms with van der Waals surface area (Å²) in [6.07, 6.45) is 14.5. The van der Waals surface area contributed by atoms with Gasteiger partial charge in [-0.2, -0.15) is 0 Å². The van der Waals surface area contributed by atoms with E-state index in [1.807, 2.05) is 4.90 Å². The van der Waals surface area contributed by atoms with Crippen LogP contribution in [0.5, 0.6) is 0 Å². The molecule has 35 heavy (non-hydrogen) atoms. The topological polar surface area (TPSA) is 69.6 Å². The summed E-state index contributed by atoms with van der Waals surface area (Å²) in [5.41, 5.74) is 2.28. The summed E-state index contributed by atoms with van der Waals surface area (Å²) in [5, 5.41) is 13.2. The second-order valence-electron chi connectivity index (χ2n) is 13.4. The van der Waals surface area contributed by atoms with Crippen molar-refractivity contribution in [2.24, 2.45) is 40.4 Å². The third kappa shape index (κ3) is 4.49. The van der Waals surface area contributed by atoms with Crippen LogP contribution in [0, 0.1) is 40.4 Å². The lowest BCUT2D eigenvalue weighted by Crippen LogP contribution is -2.50. The van der Waals surface area contributed by atoms with E-state index in [2.05, 4.69) is 32.2 Å². The Morgan fingerprint density at radius 1 is 1.14 bits per heavy atom. The van der Waals surface area contributed by atoms with Gasteiger partial charge in [-0.3, -0.25) is 9.59 Å². The summed E-state index contributed by atoms with van der Waals surface area (Å²) in [6, 6.07) is 0.123. The molecule has 0 aromatic heterocycles. The highest BCUT2D eigenvalue weighted by atomic mass is 16.3. The predicted molar refractivity (Wildman–Crippen MR) is 138 cm³/mol. The molecule has 4 fully saturated rings. The first kappa shape index (κ1) is 25.3. The molecule has 196 valence electrons. The number of carbonyl (C=O) groups is 2. The van der Waals surface area contributed by atoms with Crippen molar-refractivity contribution in [3.63, 3.8) is 0 Å². The van der Waals surface area contributed by atoms with Crippen LogP contribution < -0.4 is 5.32 Å². The van der Waals surface area contributed by atoms with Crippen LogP contribution in [0.25, 0.3) is 0 Å². The van der Waals surface area contributed by atoms with Crippen molar-refractivity contribution >= 4 is 11.8 Å². The largest absolute Gasteiger partial charge is 0.393 e. The minimum atomic E-state index is -0.129. The van der Waals surface area contributed by atoms with Gasteiger partial charge in [0.2, 0.25) is 11.8 Å². The first-order valence-corrected chi connectivity index (χ1v) is 14.5. The molecular formula is C30H48N2O3. The maximum absolute atomic E-state index is 12.9. The number of amides is 2. The zero-order chi connectivity index (χ0) is 25.0. The minimum absolute atomic E-state index is 0.00331. The van der Waals surface area contributed by atoms with Gasteiger partial charge in [-0.25, -0.2) is 0 Å². The number of aliphatic hydroxyl groups excluding tert-OH is 1. The first-order valence-electron chi connectivity index (χ1n) is 14.5. The van der Waals surface area contributed by atoms with Gasteiger partial charge in [-0.1, -0.05) is 32.4 Å². The van der Waals surface area contributed by atoms with Crippen molar-refractivity contribution < 1.29 is 14.7 Å². The van der Waals surface area contributed by atoms with Crippen molar-refractivity contribution in [1.29, 1.82) is 0 Å². The summed E-state index contributed by atoms with van der Waals surface area (Å²) in [5.74, 6) is 3.96. The number of hydrogen-bond acceptors (Lipinski definition) is 3. The fourth-order valence-corrected chi connectivity index (χ4v) is 9.72. The van der Waals surface area contributed by atoms with Crippen LogP contribution in [0.2, 0.25) is 0 Å². The van der Waals surface area contributed by atoms with E-state index in [9.17, 15) is 14.7 Å². The Balaban J connectivity index is 1.20. The van der Waals surface area contributed by atoms with E-state index in [0.717, 1.165) is 62.3 Å². The standard InChI is InChI=1S/C30H48N2O3/c1-19(5-10-28(35)32-16-13-22(18-32)31-20(2)33)25-8-9-26-24-7-6-21-17-23(34)11-14-29(21,3)27(24)12-15-30(25,26)4/h6,19,22-27,34H,5,7-18H2,1-4H3,(H,31,33)/t19-,22-,23+,24+,25-,26+,27+,29+,30-/m1/s1. The minimum Gasteiger partial charge on any atom is -0.393 e. The molecule has 5 aliphatic rings. The zero-order valence-electron chi connectivity index (χ0n) is 22.5. The molecule has 2 N–H and O–H groups in total. The highest BCUT2D eigenvalue weighted by Crippen LogP contribution is 2.67. The number of hydrogen-bond donors (Lipinski definition) is 2. The lowest BCUT2D eigenvalue weighted by molar-refractivity contribution is -0.131. The SMILES string of the molecule is CC(=O)N[C@@H]1CCN(C(=O)CC[C@@H](C)[C@H]2CC[C@H]3[C@@H]4CC=C5C[C@@H](O)CC[C@]5(C)[C@H]4CC[C@]23C)C1. The number of aliphatic hydroxyl groups is 1. The summed E-state index contributed by atoms with van der Waals surface area (Å²) in [6.45, 7) is 10.5. The van der Waals surface area contributed by atoms with Crippen LogP contribution in [0.1, 0.15) is 98.3 Å². The number of nitrogens with one attached hydrogen (secondary N) is 1. The summed E-state index contributed by atoms with van der Waals surface area (Å²) in [7, 11) is 0. The van der Waals surface area contributed by atoms with E-state index >= 15 is 0 Å². The molecule has 0 unspecified atom stereocenters. The molecule has 0 aromatic rings. The van der Waals surface area contributed by atoms with E-state index in [0.29, 0.717) is 29.7 Å². The molecular weight excluding hydrogens is 436 g/mol. The van der Waals surface area contributed by atoms with Crippen LogP contribution in [0.15, 0.2) is 11.6 Å². The molecule has 0 spiro atoms. The Morgan fingerprint density at radius 2 is 1.94 bits per heavy atom. The van der Waals surface area contributed by atoms with E-state index in [1.165, 1.54) is 32.1 Å². The third-order valence-corrected chi connectivity index (χ3v) is 11.6. The van der Waals surface area contributed by atoms with Gasteiger partial charge in [-0.15, -0.1) is 0 Å². The van der Waals surface area contributed by atoms with Gasteiger partial charge in [0.15, 0.2) is 0 Å². The van der Waals surface area contributed by atoms with Gasteiger partial charge in [-0.05, 0) is 105 Å². The Hall–Kier alpha value is -1.36. The summed E-state index contributed by atoms with van der Waals surface area (Å²) >= 11 is 0. The lowest BCUT2D eigenvalue weighted by Gasteiger charge is -2.58. The number of carbonyl (C=O) groups excluding carboxylic acids is 2. The van der Waals surface area contributed by atoms with Gasteiger partial charge < -0.3 is 15.3 Å². The molecule has 5 rings (SSSR count). The van der Waals surface area contributed by atoms with Gasteiger partial charge in [0, 0.05) is 32.5 Å². The van der Waals surface area contributed by atoms with E-state index < -0.39 is 0 Å². The fraction of sp³-hybridized carbons (Fsp3) is 0.867. The summed E-state index contributed by atoms with van der Waals surface area (Å²) < 4.78 is 0. The molecule has 5 nitrogen and oxygen atoms in total. The molecule has 3 saturated carbocycles. The molecule has 1 saturated heterocycles.